The molecule has 0 heterocycles. The topological polar surface area (TPSA) is 17.1 Å². The van der Waals surface area contributed by atoms with Gasteiger partial charge in [-0.1, -0.05) is 12.1 Å². The number of rotatable bonds is 1. The Labute approximate surface area is 109 Å². The number of halogens is 7. The second-order valence-corrected chi connectivity index (χ2v) is 2.32. The Morgan fingerprint density at radius 1 is 1.00 bits per heavy atom. The van der Waals surface area contributed by atoms with E-state index < -0.39 is 23.3 Å². The van der Waals surface area contributed by atoms with Crippen LogP contribution < -0.4 is 14.1 Å². The summed E-state index contributed by atoms with van der Waals surface area (Å²) in [5, 5.41) is 0. The number of carbonyl (C=O) groups excluding carboxylic acids is 1. The molecule has 0 spiro atoms. The zero-order chi connectivity index (χ0) is 10.1. The molecule has 1 aromatic carbocycles. The Hall–Kier alpha value is -0.782. The quantitative estimate of drug-likeness (QED) is 0.273. The Kier molecular flexibility index (Phi) is 13.7. The van der Waals surface area contributed by atoms with Gasteiger partial charge in [0.1, 0.15) is 0 Å². The van der Waals surface area contributed by atoms with Gasteiger partial charge >= 0.3 is 36.6 Å². The maximum absolute atomic E-state index is 12.1. The second-order valence-electron chi connectivity index (χ2n) is 2.32. The molecule has 2 radical (unpaired) electrons. The fraction of sp³-hybridized carbons (Fsp3) is 0.125. The van der Waals surface area contributed by atoms with Crippen molar-refractivity contribution in [3.63, 3.8) is 0 Å². The monoisotopic (exact) mass is 370 g/mol. The van der Waals surface area contributed by atoms with Gasteiger partial charge in [-0.2, -0.15) is 17.6 Å². The maximum atomic E-state index is 12.1. The average Bonchev–Trinajstić information content (AvgIpc) is 2.03. The minimum absolute atomic E-state index is 0. The fourth-order valence-corrected chi connectivity index (χ4v) is 0.902. The van der Waals surface area contributed by atoms with Crippen molar-refractivity contribution < 1.29 is 36.5 Å². The third-order valence-electron chi connectivity index (χ3n) is 1.44. The summed E-state index contributed by atoms with van der Waals surface area (Å²) in [5.74, 6) is 0. The molecule has 0 N–H and O–H groups in total. The average molecular weight is 371 g/mol. The largest absolute Gasteiger partial charge is 3.00 e. The molecule has 0 aromatic heterocycles. The third-order valence-corrected chi connectivity index (χ3v) is 1.44. The van der Waals surface area contributed by atoms with Crippen molar-refractivity contribution >= 4 is 30.5 Å². The first-order valence-electron chi connectivity index (χ1n) is 3.29. The van der Waals surface area contributed by atoms with Gasteiger partial charge in [0.05, 0.1) is 11.1 Å². The van der Waals surface area contributed by atoms with E-state index in [2.05, 4.69) is 0 Å². The molecule has 0 aliphatic carbocycles. The molecule has 0 aliphatic rings. The van der Waals surface area contributed by atoms with Crippen molar-refractivity contribution in [1.82, 2.24) is 0 Å². The number of hydrogen-bond donors (Lipinski definition) is 0. The van der Waals surface area contributed by atoms with Crippen LogP contribution in [0.1, 0.15) is 15.9 Å². The van der Waals surface area contributed by atoms with Crippen molar-refractivity contribution in [3.8, 4) is 0 Å². The van der Waals surface area contributed by atoms with Crippen molar-refractivity contribution in [2.75, 3.05) is 0 Å². The van der Waals surface area contributed by atoms with Crippen LogP contribution >= 0.6 is 0 Å². The van der Waals surface area contributed by atoms with Crippen LogP contribution in [0.15, 0.2) is 24.3 Å². The van der Waals surface area contributed by atoms with E-state index in [1.165, 1.54) is 6.07 Å². The van der Waals surface area contributed by atoms with Crippen molar-refractivity contribution in [3.05, 3.63) is 35.4 Å². The summed E-state index contributed by atoms with van der Waals surface area (Å²) < 4.78 is 48.4. The van der Waals surface area contributed by atoms with Gasteiger partial charge in [-0.05, 0) is 12.1 Å². The molecule has 0 saturated heterocycles. The van der Waals surface area contributed by atoms with Crippen LogP contribution in [-0.2, 0) is 6.18 Å². The molecular weight excluding hydrogens is 367 g/mol. The summed E-state index contributed by atoms with van der Waals surface area (Å²) in [5.41, 5.74) is -2.20. The predicted molar refractivity (Wildman–Crippen MR) is 42.6 cm³/mol. The van der Waals surface area contributed by atoms with E-state index in [-0.39, 0.29) is 38.5 Å². The standard InChI is InChI=1S/C8H4F4O.3FH.Sb/c9-7(13)5-3-1-2-4-6(5)8(10,11)12;;;;/h1-4H;3*1H;/q;;;;+3/p-3. The Bertz CT molecular complexity index is 339. The van der Waals surface area contributed by atoms with E-state index >= 15 is 0 Å². The molecule has 0 amide bonds. The van der Waals surface area contributed by atoms with Gasteiger partial charge in [0.15, 0.2) is 0 Å². The van der Waals surface area contributed by atoms with Crippen molar-refractivity contribution in [1.29, 1.82) is 0 Å². The molecule has 0 fully saturated rings. The van der Waals surface area contributed by atoms with Crippen LogP contribution in [0.25, 0.3) is 0 Å². The number of hydrogen-bond acceptors (Lipinski definition) is 1. The summed E-state index contributed by atoms with van der Waals surface area (Å²) in [6.45, 7) is 0. The molecule has 0 unspecified atom stereocenters. The van der Waals surface area contributed by atoms with Crippen LogP contribution in [0.5, 0.6) is 0 Å². The molecule has 0 aliphatic heterocycles. The SMILES string of the molecule is O=C(F)c1ccccc1C(F)(F)F.[F-].[F-].[F-].[Sb+3]. The summed E-state index contributed by atoms with van der Waals surface area (Å²) in [6.07, 6.45) is -4.70. The van der Waals surface area contributed by atoms with E-state index in [4.69, 9.17) is 0 Å². The molecule has 0 bridgehead atoms. The fourth-order valence-electron chi connectivity index (χ4n) is 0.902. The number of carbonyl (C=O) groups is 1. The molecule has 96 valence electrons. The van der Waals surface area contributed by atoms with Gasteiger partial charge in [-0.25, -0.2) is 0 Å². The molecule has 17 heavy (non-hydrogen) atoms. The molecule has 1 rings (SSSR count). The van der Waals surface area contributed by atoms with Crippen molar-refractivity contribution in [2.45, 2.75) is 6.18 Å². The zero-order valence-corrected chi connectivity index (χ0v) is 10.4. The van der Waals surface area contributed by atoms with Gasteiger partial charge in [0.25, 0.3) is 0 Å². The first-order valence-corrected chi connectivity index (χ1v) is 3.29. The smallest absolute Gasteiger partial charge is 1.00 e. The second kappa shape index (κ2) is 9.27. The van der Waals surface area contributed by atoms with Crippen LogP contribution in [0.4, 0.5) is 17.6 Å². The van der Waals surface area contributed by atoms with E-state index in [9.17, 15) is 22.4 Å². The molecule has 1 aromatic rings. The summed E-state index contributed by atoms with van der Waals surface area (Å²) in [6, 6.07) is 1.64. The molecule has 1 nitrogen and oxygen atoms in total. The minimum atomic E-state index is -4.70. The van der Waals surface area contributed by atoms with Crippen LogP contribution in [0.2, 0.25) is 0 Å². The number of alkyl halides is 3. The molecular formula is C8H4F7OSb. The molecule has 9 heteroatoms. The molecule has 0 saturated carbocycles. The number of benzene rings is 1. The zero-order valence-electron chi connectivity index (χ0n) is 7.81. The predicted octanol–water partition coefficient (Wildman–Crippen LogP) is -6.55. The van der Waals surface area contributed by atoms with Crippen LogP contribution in [0.3, 0.4) is 0 Å². The van der Waals surface area contributed by atoms with E-state index in [0.717, 1.165) is 12.1 Å². The Morgan fingerprint density at radius 2 is 1.41 bits per heavy atom. The van der Waals surface area contributed by atoms with Gasteiger partial charge in [0, 0.05) is 0 Å². The first kappa shape index (κ1) is 25.2. The summed E-state index contributed by atoms with van der Waals surface area (Å²) in [4.78, 5) is 10.1. The summed E-state index contributed by atoms with van der Waals surface area (Å²) in [7, 11) is 0. The molecule has 0 atom stereocenters. The van der Waals surface area contributed by atoms with E-state index in [1.54, 1.807) is 0 Å². The summed E-state index contributed by atoms with van der Waals surface area (Å²) >= 11 is 0. The Balaban J connectivity index is -0.000000211. The third kappa shape index (κ3) is 6.50. The normalized spacial score (nSPS) is 8.71. The van der Waals surface area contributed by atoms with Crippen LogP contribution in [-0.4, -0.2) is 30.5 Å². The van der Waals surface area contributed by atoms with Gasteiger partial charge < -0.3 is 14.1 Å². The van der Waals surface area contributed by atoms with Gasteiger partial charge in [0.2, 0.25) is 0 Å². The minimum Gasteiger partial charge on any atom is -1.00 e. The Morgan fingerprint density at radius 3 is 1.71 bits per heavy atom. The van der Waals surface area contributed by atoms with E-state index in [0.29, 0.717) is 6.07 Å². The van der Waals surface area contributed by atoms with Crippen LogP contribution in [0, 0.1) is 0 Å². The van der Waals surface area contributed by atoms with Gasteiger partial charge in [-0.15, -0.1) is 0 Å². The van der Waals surface area contributed by atoms with Crippen molar-refractivity contribution in [2.24, 2.45) is 0 Å². The van der Waals surface area contributed by atoms with Gasteiger partial charge in [-0.3, -0.25) is 4.79 Å². The maximum Gasteiger partial charge on any atom is 3.00 e. The first-order chi connectivity index (χ1) is 5.93. The van der Waals surface area contributed by atoms with E-state index in [1.807, 2.05) is 0 Å².